The molecule has 2 aromatic rings. The fourth-order valence-corrected chi connectivity index (χ4v) is 6.26. The molecule has 3 saturated heterocycles. The van der Waals surface area contributed by atoms with Gasteiger partial charge in [-0.1, -0.05) is 18.6 Å². The normalized spacial score (nSPS) is 24.1. The van der Waals surface area contributed by atoms with E-state index in [1.54, 1.807) is 11.0 Å². The number of carbonyl (C=O) groups is 3. The minimum absolute atomic E-state index is 0.160. The van der Waals surface area contributed by atoms with Gasteiger partial charge in [-0.05, 0) is 67.3 Å². The van der Waals surface area contributed by atoms with Crippen molar-refractivity contribution in [3.8, 4) is 5.75 Å². The van der Waals surface area contributed by atoms with Crippen molar-refractivity contribution in [2.45, 2.75) is 57.3 Å². The van der Waals surface area contributed by atoms with E-state index in [4.69, 9.17) is 4.74 Å². The predicted octanol–water partition coefficient (Wildman–Crippen LogP) is 2.29. The Morgan fingerprint density at radius 3 is 2.54 bits per heavy atom. The number of ether oxygens (including phenoxy) is 1. The molecule has 0 bridgehead atoms. The molecule has 0 aromatic heterocycles. The zero-order chi connectivity index (χ0) is 26.8. The van der Waals surface area contributed by atoms with Gasteiger partial charge < -0.3 is 19.9 Å². The van der Waals surface area contributed by atoms with Crippen LogP contribution in [-0.2, 0) is 22.7 Å². The average Bonchev–Trinajstić information content (AvgIpc) is 3.28. The maximum absolute atomic E-state index is 13.0. The van der Waals surface area contributed by atoms with Crippen LogP contribution < -0.4 is 20.3 Å². The molecule has 6 rings (SSSR count). The second kappa shape index (κ2) is 11.4. The monoisotopic (exact) mass is 531 g/mol. The van der Waals surface area contributed by atoms with E-state index in [-0.39, 0.29) is 24.1 Å². The van der Waals surface area contributed by atoms with Gasteiger partial charge in [0.2, 0.25) is 11.8 Å². The summed E-state index contributed by atoms with van der Waals surface area (Å²) in [4.78, 5) is 43.4. The molecule has 0 aliphatic carbocycles. The molecule has 3 amide bonds. The lowest BCUT2D eigenvalue weighted by Crippen LogP contribution is -2.52. The summed E-state index contributed by atoms with van der Waals surface area (Å²) < 4.78 is 6.28. The Hall–Kier alpha value is -3.43. The van der Waals surface area contributed by atoms with Crippen LogP contribution in [0.4, 0.5) is 5.69 Å². The first-order valence-corrected chi connectivity index (χ1v) is 14.2. The third-order valence-corrected chi connectivity index (χ3v) is 8.49. The highest BCUT2D eigenvalue weighted by molar-refractivity contribution is 6.05. The number of fused-ring (bicyclic) bond motifs is 1. The molecule has 1 unspecified atom stereocenters. The van der Waals surface area contributed by atoms with Gasteiger partial charge in [0.25, 0.3) is 5.91 Å². The maximum atomic E-state index is 13.0. The van der Waals surface area contributed by atoms with E-state index in [9.17, 15) is 14.4 Å². The first-order chi connectivity index (χ1) is 19.0. The van der Waals surface area contributed by atoms with E-state index in [0.717, 1.165) is 57.0 Å². The minimum atomic E-state index is -0.603. The lowest BCUT2D eigenvalue weighted by molar-refractivity contribution is -0.136. The topological polar surface area (TPSA) is 94.2 Å². The molecule has 4 aliphatic rings. The van der Waals surface area contributed by atoms with Gasteiger partial charge in [0.05, 0.1) is 0 Å². The molecular weight excluding hydrogens is 494 g/mol. The molecule has 9 nitrogen and oxygen atoms in total. The Bertz CT molecular complexity index is 1230. The smallest absolute Gasteiger partial charge is 0.255 e. The summed E-state index contributed by atoms with van der Waals surface area (Å²) in [7, 11) is 0. The van der Waals surface area contributed by atoms with Gasteiger partial charge in [-0.25, -0.2) is 0 Å². The molecule has 4 heterocycles. The van der Waals surface area contributed by atoms with E-state index in [1.165, 1.54) is 24.1 Å². The number of anilines is 1. The molecule has 4 aliphatic heterocycles. The van der Waals surface area contributed by atoms with Gasteiger partial charge in [0.1, 0.15) is 18.4 Å². The first-order valence-electron chi connectivity index (χ1n) is 14.2. The van der Waals surface area contributed by atoms with Crippen LogP contribution >= 0.6 is 0 Å². The van der Waals surface area contributed by atoms with Gasteiger partial charge in [-0.3, -0.25) is 24.6 Å². The molecule has 206 valence electrons. The number of nitrogens with zero attached hydrogens (tertiary/aromatic N) is 3. The summed E-state index contributed by atoms with van der Waals surface area (Å²) in [6.07, 6.45) is 4.12. The van der Waals surface area contributed by atoms with Crippen LogP contribution in [0.3, 0.4) is 0 Å². The van der Waals surface area contributed by atoms with Crippen LogP contribution in [0.5, 0.6) is 5.75 Å². The summed E-state index contributed by atoms with van der Waals surface area (Å²) in [6, 6.07) is 14.3. The minimum Gasteiger partial charge on any atom is -0.492 e. The zero-order valence-electron chi connectivity index (χ0n) is 22.4. The number of amides is 3. The van der Waals surface area contributed by atoms with Gasteiger partial charge in [0.15, 0.2) is 0 Å². The van der Waals surface area contributed by atoms with Crippen molar-refractivity contribution in [3.05, 3.63) is 59.2 Å². The number of likely N-dealkylation sites (tertiary alicyclic amines) is 1. The van der Waals surface area contributed by atoms with E-state index in [2.05, 4.69) is 44.7 Å². The Morgan fingerprint density at radius 1 is 0.923 bits per heavy atom. The lowest BCUT2D eigenvalue weighted by atomic mass is 10.0. The van der Waals surface area contributed by atoms with Crippen molar-refractivity contribution >= 4 is 23.4 Å². The molecule has 9 heteroatoms. The van der Waals surface area contributed by atoms with Crippen molar-refractivity contribution in [2.75, 3.05) is 44.2 Å². The summed E-state index contributed by atoms with van der Waals surface area (Å²) in [6.45, 7) is 7.11. The third kappa shape index (κ3) is 5.65. The highest BCUT2D eigenvalue weighted by atomic mass is 16.5. The highest BCUT2D eigenvalue weighted by Crippen LogP contribution is 2.31. The molecular formula is C30H37N5O4. The van der Waals surface area contributed by atoms with Crippen LogP contribution in [-0.4, -0.2) is 78.9 Å². The number of hydrogen-bond donors (Lipinski definition) is 2. The standard InChI is InChI=1S/C30H37N5O4/c36-28-11-10-27(29(37)32-28)35-19-22-17-25(8-9-26(22)30(35)38)39-20-24-3-1-2-14-34(24)18-21-4-6-23(7-5-21)33-15-12-31-13-16-33/h4-9,17,24,27,31H,1-3,10-16,18-20H2,(H,32,36,37)/t24-,27?/m1/s1. The Kier molecular flexibility index (Phi) is 7.52. The number of piperazine rings is 1. The molecule has 3 fully saturated rings. The first kappa shape index (κ1) is 25.8. The average molecular weight is 532 g/mol. The molecule has 2 N–H and O–H groups in total. The molecule has 39 heavy (non-hydrogen) atoms. The Morgan fingerprint density at radius 2 is 1.74 bits per heavy atom. The van der Waals surface area contributed by atoms with Gasteiger partial charge in [-0.15, -0.1) is 0 Å². The quantitative estimate of drug-likeness (QED) is 0.530. The van der Waals surface area contributed by atoms with E-state index in [1.807, 2.05) is 12.1 Å². The van der Waals surface area contributed by atoms with Crippen molar-refractivity contribution in [3.63, 3.8) is 0 Å². The summed E-state index contributed by atoms with van der Waals surface area (Å²) in [5.74, 6) is -0.0789. The molecule has 0 saturated carbocycles. The third-order valence-electron chi connectivity index (χ3n) is 8.49. The number of nitrogens with one attached hydrogen (secondary N) is 2. The second-order valence-electron chi connectivity index (χ2n) is 11.1. The SMILES string of the molecule is O=C1CCC(N2Cc3cc(OC[C@H]4CCCCN4Cc4ccc(N5CCNCC5)cc4)ccc3C2=O)C(=O)N1. The Balaban J connectivity index is 1.06. The number of piperidine rings is 2. The van der Waals surface area contributed by atoms with Crippen molar-refractivity contribution in [2.24, 2.45) is 0 Å². The van der Waals surface area contributed by atoms with Crippen LogP contribution in [0.1, 0.15) is 53.6 Å². The highest BCUT2D eigenvalue weighted by Gasteiger charge is 2.39. The lowest BCUT2D eigenvalue weighted by Gasteiger charge is -2.35. The summed E-state index contributed by atoms with van der Waals surface area (Å²) in [5, 5.41) is 5.76. The van der Waals surface area contributed by atoms with Gasteiger partial charge >= 0.3 is 0 Å². The van der Waals surface area contributed by atoms with E-state index < -0.39 is 6.04 Å². The molecule has 2 atom stereocenters. The fourth-order valence-electron chi connectivity index (χ4n) is 6.26. The Labute approximate surface area is 229 Å². The number of carbonyl (C=O) groups excluding carboxylic acids is 3. The summed E-state index contributed by atoms with van der Waals surface area (Å²) in [5.41, 5.74) is 4.10. The maximum Gasteiger partial charge on any atom is 0.255 e. The van der Waals surface area contributed by atoms with Gasteiger partial charge in [-0.2, -0.15) is 0 Å². The molecule has 2 aromatic carbocycles. The largest absolute Gasteiger partial charge is 0.492 e. The predicted molar refractivity (Wildman–Crippen MR) is 148 cm³/mol. The number of imide groups is 1. The number of rotatable bonds is 7. The summed E-state index contributed by atoms with van der Waals surface area (Å²) >= 11 is 0. The zero-order valence-corrected chi connectivity index (χ0v) is 22.4. The number of hydrogen-bond acceptors (Lipinski definition) is 7. The van der Waals surface area contributed by atoms with Crippen molar-refractivity contribution in [1.29, 1.82) is 0 Å². The van der Waals surface area contributed by atoms with E-state index in [0.29, 0.717) is 31.2 Å². The van der Waals surface area contributed by atoms with Crippen molar-refractivity contribution < 1.29 is 19.1 Å². The van der Waals surface area contributed by atoms with Gasteiger partial charge in [0, 0.05) is 63.0 Å². The van der Waals surface area contributed by atoms with Crippen LogP contribution in [0, 0.1) is 0 Å². The molecule has 0 spiro atoms. The second-order valence-corrected chi connectivity index (χ2v) is 11.1. The van der Waals surface area contributed by atoms with Crippen LogP contribution in [0.25, 0.3) is 0 Å². The van der Waals surface area contributed by atoms with E-state index >= 15 is 0 Å². The molecule has 0 radical (unpaired) electrons. The number of benzene rings is 2. The fraction of sp³-hybridized carbons (Fsp3) is 0.500. The van der Waals surface area contributed by atoms with Crippen LogP contribution in [0.15, 0.2) is 42.5 Å². The van der Waals surface area contributed by atoms with Crippen LogP contribution in [0.2, 0.25) is 0 Å². The van der Waals surface area contributed by atoms with Crippen molar-refractivity contribution in [1.82, 2.24) is 20.4 Å².